The summed E-state index contributed by atoms with van der Waals surface area (Å²) in [5, 5.41) is 17.3. The maximum Gasteiger partial charge on any atom is 0.408 e. The van der Waals surface area contributed by atoms with E-state index in [1.807, 2.05) is 13.0 Å². The summed E-state index contributed by atoms with van der Waals surface area (Å²) in [6.45, 7) is 12.3. The Morgan fingerprint density at radius 3 is 2.20 bits per heavy atom. The van der Waals surface area contributed by atoms with E-state index in [-0.39, 0.29) is 18.4 Å². The number of carbonyl (C=O) groups excluding carboxylic acids is 3. The first-order chi connectivity index (χ1) is 13.9. The molecule has 30 heavy (non-hydrogen) atoms. The second kappa shape index (κ2) is 11.0. The predicted octanol–water partition coefficient (Wildman–Crippen LogP) is 2.73. The molecular weight excluding hydrogens is 386 g/mol. The van der Waals surface area contributed by atoms with Gasteiger partial charge in [0.25, 0.3) is 0 Å². The standard InChI is InChI=1S/C22H35N3O5/c1-8-16-11-15(12-26)9-10-17(16)24-19(27)14(4)23-20(28)18(13(2)3)25-21(29)30-22(5,6)7/h9-11,13-14,18,26H,8,12H2,1-7H3,(H,23,28)(H,24,27)(H,25,29)/t14-,18-/m0/s1. The molecule has 0 aromatic heterocycles. The number of nitrogens with one attached hydrogen (secondary N) is 3. The zero-order valence-electron chi connectivity index (χ0n) is 19.0. The van der Waals surface area contributed by atoms with Gasteiger partial charge in [-0.3, -0.25) is 9.59 Å². The lowest BCUT2D eigenvalue weighted by atomic mass is 10.0. The number of benzene rings is 1. The first-order valence-corrected chi connectivity index (χ1v) is 10.2. The minimum atomic E-state index is -0.842. The summed E-state index contributed by atoms with van der Waals surface area (Å²) in [5.41, 5.74) is 1.60. The van der Waals surface area contributed by atoms with E-state index >= 15 is 0 Å². The fourth-order valence-electron chi connectivity index (χ4n) is 2.74. The molecule has 2 atom stereocenters. The highest BCUT2D eigenvalue weighted by Crippen LogP contribution is 2.19. The molecule has 0 saturated heterocycles. The van der Waals surface area contributed by atoms with Crippen molar-refractivity contribution in [1.29, 1.82) is 0 Å². The zero-order valence-corrected chi connectivity index (χ0v) is 19.0. The van der Waals surface area contributed by atoms with Crippen LogP contribution < -0.4 is 16.0 Å². The van der Waals surface area contributed by atoms with Crippen molar-refractivity contribution in [3.05, 3.63) is 29.3 Å². The summed E-state index contributed by atoms with van der Waals surface area (Å²) in [5.74, 6) is -1.05. The first kappa shape index (κ1) is 25.4. The molecule has 0 saturated carbocycles. The Kier molecular flexibility index (Phi) is 9.29. The Balaban J connectivity index is 2.78. The highest BCUT2D eigenvalue weighted by atomic mass is 16.6. The van der Waals surface area contributed by atoms with E-state index in [2.05, 4.69) is 16.0 Å². The van der Waals surface area contributed by atoms with Crippen LogP contribution in [0, 0.1) is 5.92 Å². The third-order valence-corrected chi connectivity index (χ3v) is 4.36. The largest absolute Gasteiger partial charge is 0.444 e. The number of hydrogen-bond donors (Lipinski definition) is 4. The van der Waals surface area contributed by atoms with Gasteiger partial charge in [-0.1, -0.05) is 32.9 Å². The Morgan fingerprint density at radius 2 is 1.70 bits per heavy atom. The van der Waals surface area contributed by atoms with Gasteiger partial charge in [-0.25, -0.2) is 4.79 Å². The molecule has 1 aromatic rings. The number of alkyl carbamates (subject to hydrolysis) is 1. The van der Waals surface area contributed by atoms with E-state index < -0.39 is 29.7 Å². The monoisotopic (exact) mass is 421 g/mol. The van der Waals surface area contributed by atoms with Gasteiger partial charge in [0.05, 0.1) is 6.61 Å². The van der Waals surface area contributed by atoms with Crippen molar-refractivity contribution < 1.29 is 24.2 Å². The van der Waals surface area contributed by atoms with E-state index in [0.717, 1.165) is 11.1 Å². The van der Waals surface area contributed by atoms with Gasteiger partial charge in [0.15, 0.2) is 0 Å². The number of aliphatic hydroxyl groups is 1. The summed E-state index contributed by atoms with van der Waals surface area (Å²) in [4.78, 5) is 37.3. The van der Waals surface area contributed by atoms with Crippen LogP contribution in [-0.2, 0) is 27.4 Å². The van der Waals surface area contributed by atoms with E-state index in [0.29, 0.717) is 12.1 Å². The fourth-order valence-corrected chi connectivity index (χ4v) is 2.74. The second-order valence-corrected chi connectivity index (χ2v) is 8.59. The van der Waals surface area contributed by atoms with Crippen LogP contribution in [0.5, 0.6) is 0 Å². The lowest BCUT2D eigenvalue weighted by molar-refractivity contribution is -0.128. The van der Waals surface area contributed by atoms with Gasteiger partial charge in [-0.2, -0.15) is 0 Å². The molecule has 0 aliphatic rings. The minimum absolute atomic E-state index is 0.0745. The van der Waals surface area contributed by atoms with Crippen LogP contribution >= 0.6 is 0 Å². The van der Waals surface area contributed by atoms with Crippen molar-refractivity contribution in [3.63, 3.8) is 0 Å². The van der Waals surface area contributed by atoms with E-state index in [4.69, 9.17) is 4.74 Å². The number of anilines is 1. The molecule has 0 heterocycles. The van der Waals surface area contributed by atoms with Crippen molar-refractivity contribution in [3.8, 4) is 0 Å². The number of carbonyl (C=O) groups is 3. The van der Waals surface area contributed by atoms with Gasteiger partial charge in [0.1, 0.15) is 17.7 Å². The molecular formula is C22H35N3O5. The molecule has 0 unspecified atom stereocenters. The van der Waals surface area contributed by atoms with Gasteiger partial charge in [0.2, 0.25) is 11.8 Å². The van der Waals surface area contributed by atoms with Crippen LogP contribution in [0.3, 0.4) is 0 Å². The molecule has 4 N–H and O–H groups in total. The Hall–Kier alpha value is -2.61. The van der Waals surface area contributed by atoms with Gasteiger partial charge < -0.3 is 25.8 Å². The molecule has 0 radical (unpaired) electrons. The van der Waals surface area contributed by atoms with E-state index in [1.54, 1.807) is 53.7 Å². The lowest BCUT2D eigenvalue weighted by Gasteiger charge is -2.26. The summed E-state index contributed by atoms with van der Waals surface area (Å²) in [6.07, 6.45) is -0.00982. The second-order valence-electron chi connectivity index (χ2n) is 8.59. The number of hydrogen-bond acceptors (Lipinski definition) is 5. The Morgan fingerprint density at radius 1 is 1.07 bits per heavy atom. The van der Waals surface area contributed by atoms with Crippen LogP contribution in [0.2, 0.25) is 0 Å². The molecule has 168 valence electrons. The minimum Gasteiger partial charge on any atom is -0.444 e. The molecule has 0 bridgehead atoms. The maximum absolute atomic E-state index is 12.7. The van der Waals surface area contributed by atoms with Gasteiger partial charge in [-0.15, -0.1) is 0 Å². The average molecular weight is 422 g/mol. The van der Waals surface area contributed by atoms with Crippen molar-refractivity contribution in [1.82, 2.24) is 10.6 Å². The molecule has 8 nitrogen and oxygen atoms in total. The topological polar surface area (TPSA) is 117 Å². The normalized spacial score (nSPS) is 13.4. The molecule has 0 aliphatic carbocycles. The Bertz CT molecular complexity index is 756. The number of amides is 3. The van der Waals surface area contributed by atoms with Crippen LogP contribution in [0.15, 0.2) is 18.2 Å². The molecule has 0 aliphatic heterocycles. The van der Waals surface area contributed by atoms with Crippen LogP contribution in [-0.4, -0.2) is 40.7 Å². The lowest BCUT2D eigenvalue weighted by Crippen LogP contribution is -2.54. The molecule has 0 spiro atoms. The summed E-state index contributed by atoms with van der Waals surface area (Å²) >= 11 is 0. The quantitative estimate of drug-likeness (QED) is 0.515. The van der Waals surface area contributed by atoms with Gasteiger partial charge in [-0.05, 0) is 57.2 Å². The number of aryl methyl sites for hydroxylation is 1. The van der Waals surface area contributed by atoms with Gasteiger partial charge in [0, 0.05) is 5.69 Å². The smallest absolute Gasteiger partial charge is 0.408 e. The SMILES string of the molecule is CCc1cc(CO)ccc1NC(=O)[C@H](C)NC(=O)[C@@H](NC(=O)OC(C)(C)C)C(C)C. The number of aliphatic hydroxyl groups excluding tert-OH is 1. The highest BCUT2D eigenvalue weighted by Gasteiger charge is 2.29. The summed E-state index contributed by atoms with van der Waals surface area (Å²) < 4.78 is 5.22. The predicted molar refractivity (Wildman–Crippen MR) is 116 cm³/mol. The first-order valence-electron chi connectivity index (χ1n) is 10.2. The highest BCUT2D eigenvalue weighted by molar-refractivity contribution is 5.98. The van der Waals surface area contributed by atoms with Crippen molar-refractivity contribution in [2.75, 3.05) is 5.32 Å². The summed E-state index contributed by atoms with van der Waals surface area (Å²) in [6, 6.07) is 3.64. The summed E-state index contributed by atoms with van der Waals surface area (Å²) in [7, 11) is 0. The average Bonchev–Trinajstić information content (AvgIpc) is 2.64. The van der Waals surface area contributed by atoms with Crippen LogP contribution in [0.25, 0.3) is 0 Å². The number of ether oxygens (including phenoxy) is 1. The van der Waals surface area contributed by atoms with Crippen LogP contribution in [0.1, 0.15) is 59.6 Å². The molecule has 0 fully saturated rings. The molecule has 1 rings (SSSR count). The third kappa shape index (κ3) is 8.02. The van der Waals surface area contributed by atoms with E-state index in [9.17, 15) is 19.5 Å². The molecule has 8 heteroatoms. The van der Waals surface area contributed by atoms with Crippen LogP contribution in [0.4, 0.5) is 10.5 Å². The fraction of sp³-hybridized carbons (Fsp3) is 0.591. The van der Waals surface area contributed by atoms with Crippen molar-refractivity contribution in [2.24, 2.45) is 5.92 Å². The third-order valence-electron chi connectivity index (χ3n) is 4.36. The van der Waals surface area contributed by atoms with E-state index in [1.165, 1.54) is 0 Å². The molecule has 3 amide bonds. The molecule has 1 aromatic carbocycles. The van der Waals surface area contributed by atoms with Gasteiger partial charge >= 0.3 is 6.09 Å². The van der Waals surface area contributed by atoms with Crippen molar-refractivity contribution in [2.45, 2.75) is 79.2 Å². The number of rotatable bonds is 8. The zero-order chi connectivity index (χ0) is 23.1. The Labute approximate surface area is 178 Å². The maximum atomic E-state index is 12.7. The van der Waals surface area contributed by atoms with Crippen molar-refractivity contribution >= 4 is 23.6 Å².